The molecule has 1 aromatic rings. The summed E-state index contributed by atoms with van der Waals surface area (Å²) in [4.78, 5) is 25.4. The number of aliphatic hydroxyl groups is 1. The zero-order valence-corrected chi connectivity index (χ0v) is 13.4. The number of hydrogen-bond donors (Lipinski definition) is 1. The molecule has 0 atom stereocenters. The van der Waals surface area contributed by atoms with E-state index < -0.39 is 0 Å². The Morgan fingerprint density at radius 1 is 1.05 bits per heavy atom. The molecule has 0 radical (unpaired) electrons. The molecule has 1 aliphatic rings. The minimum atomic E-state index is -0.255. The molecule has 22 heavy (non-hydrogen) atoms. The average Bonchev–Trinajstić information content (AvgIpc) is 2.54. The number of benzene rings is 1. The molecule has 0 saturated carbocycles. The van der Waals surface area contributed by atoms with Crippen LogP contribution in [-0.2, 0) is 0 Å². The average molecular weight is 322 g/mol. The van der Waals surface area contributed by atoms with Crippen LogP contribution in [0.5, 0.6) is 11.5 Å². The molecule has 0 spiro atoms. The number of ketones is 2. The van der Waals surface area contributed by atoms with Crippen LogP contribution < -0.4 is 9.47 Å². The van der Waals surface area contributed by atoms with Gasteiger partial charge in [0.25, 0.3) is 0 Å². The number of ether oxygens (including phenoxy) is 2. The first-order valence-electron chi connectivity index (χ1n) is 6.93. The molecule has 2 rings (SSSR count). The van der Waals surface area contributed by atoms with Crippen molar-refractivity contribution in [3.63, 3.8) is 0 Å². The third-order valence-corrected chi connectivity index (χ3v) is 4.45. The van der Waals surface area contributed by atoms with E-state index in [0.29, 0.717) is 28.6 Å². The molecule has 1 aromatic carbocycles. The lowest BCUT2D eigenvalue weighted by molar-refractivity contribution is 0.0986. The first kappa shape index (κ1) is 16.6. The van der Waals surface area contributed by atoms with E-state index in [1.165, 1.54) is 32.1 Å². The van der Waals surface area contributed by atoms with Crippen molar-refractivity contribution in [1.29, 1.82) is 0 Å². The van der Waals surface area contributed by atoms with E-state index in [1.54, 1.807) is 12.1 Å². The lowest BCUT2D eigenvalue weighted by Crippen LogP contribution is -2.18. The van der Waals surface area contributed by atoms with Crippen molar-refractivity contribution in [2.24, 2.45) is 0 Å². The summed E-state index contributed by atoms with van der Waals surface area (Å²) >= 11 is 1.33. The molecule has 0 saturated heterocycles. The number of rotatable bonds is 7. The minimum absolute atomic E-state index is 0.125. The number of allylic oxidation sites excluding steroid dienone is 2. The monoisotopic (exact) mass is 322 g/mol. The second-order valence-electron chi connectivity index (χ2n) is 4.70. The Labute approximate surface area is 133 Å². The Morgan fingerprint density at radius 2 is 1.68 bits per heavy atom. The highest BCUT2D eigenvalue weighted by Gasteiger charge is 2.31. The summed E-state index contributed by atoms with van der Waals surface area (Å²) in [6.07, 6.45) is 2.81. The maximum Gasteiger partial charge on any atom is 0.204 e. The Bertz CT molecular complexity index is 621. The van der Waals surface area contributed by atoms with E-state index in [1.807, 2.05) is 0 Å². The number of fused-ring (bicyclic) bond motifs is 1. The predicted molar refractivity (Wildman–Crippen MR) is 85.1 cm³/mol. The van der Waals surface area contributed by atoms with E-state index >= 15 is 0 Å². The van der Waals surface area contributed by atoms with E-state index in [4.69, 9.17) is 14.6 Å². The van der Waals surface area contributed by atoms with Crippen molar-refractivity contribution in [3.05, 3.63) is 34.2 Å². The summed E-state index contributed by atoms with van der Waals surface area (Å²) in [7, 11) is 2.93. The molecule has 0 unspecified atom stereocenters. The number of Topliss-reactive ketones (excluding diaryl/α,β-unsaturated/α-hetero) is 1. The van der Waals surface area contributed by atoms with Crippen LogP contribution in [-0.4, -0.2) is 43.3 Å². The second kappa shape index (κ2) is 7.47. The van der Waals surface area contributed by atoms with Gasteiger partial charge in [0.05, 0.1) is 30.3 Å². The van der Waals surface area contributed by atoms with Crippen LogP contribution in [0.15, 0.2) is 23.1 Å². The van der Waals surface area contributed by atoms with Gasteiger partial charge in [-0.2, -0.15) is 0 Å². The zero-order valence-electron chi connectivity index (χ0n) is 12.5. The number of methoxy groups -OCH3 is 2. The number of carbonyl (C=O) groups excluding carboxylic acids is 2. The van der Waals surface area contributed by atoms with Gasteiger partial charge in [-0.25, -0.2) is 0 Å². The Balaban J connectivity index is 2.34. The lowest BCUT2D eigenvalue weighted by atomic mass is 9.93. The second-order valence-corrected chi connectivity index (χ2v) is 5.84. The molecule has 6 heteroatoms. The molecule has 0 fully saturated rings. The molecule has 5 nitrogen and oxygen atoms in total. The normalized spacial score (nSPS) is 13.7. The van der Waals surface area contributed by atoms with Gasteiger partial charge < -0.3 is 14.6 Å². The van der Waals surface area contributed by atoms with Crippen LogP contribution in [0.3, 0.4) is 0 Å². The van der Waals surface area contributed by atoms with Gasteiger partial charge in [0, 0.05) is 12.7 Å². The van der Waals surface area contributed by atoms with Crippen LogP contribution >= 0.6 is 11.8 Å². The summed E-state index contributed by atoms with van der Waals surface area (Å²) in [5, 5.41) is 8.78. The highest BCUT2D eigenvalue weighted by Crippen LogP contribution is 2.38. The van der Waals surface area contributed by atoms with Crippen LogP contribution in [0.2, 0.25) is 0 Å². The SMILES string of the molecule is COc1ccc(OC)c2c1C(=O)C=C(SCCCCO)C2=O. The van der Waals surface area contributed by atoms with Crippen molar-refractivity contribution < 1.29 is 24.2 Å². The predicted octanol–water partition coefficient (Wildman–Crippen LogP) is 2.47. The number of hydrogen-bond acceptors (Lipinski definition) is 6. The van der Waals surface area contributed by atoms with Gasteiger partial charge >= 0.3 is 0 Å². The van der Waals surface area contributed by atoms with Crippen LogP contribution in [0.25, 0.3) is 0 Å². The van der Waals surface area contributed by atoms with Crippen LogP contribution in [0, 0.1) is 0 Å². The third kappa shape index (κ3) is 3.18. The van der Waals surface area contributed by atoms with E-state index in [-0.39, 0.29) is 29.3 Å². The highest BCUT2D eigenvalue weighted by atomic mass is 32.2. The van der Waals surface area contributed by atoms with Gasteiger partial charge in [-0.3, -0.25) is 9.59 Å². The fraction of sp³-hybridized carbons (Fsp3) is 0.375. The number of carbonyl (C=O) groups is 2. The van der Waals surface area contributed by atoms with Crippen molar-refractivity contribution in [2.75, 3.05) is 26.6 Å². The molecule has 118 valence electrons. The fourth-order valence-electron chi connectivity index (χ4n) is 2.26. The van der Waals surface area contributed by atoms with Crippen LogP contribution in [0.1, 0.15) is 33.6 Å². The summed E-state index contributed by atoms with van der Waals surface area (Å²) in [5.74, 6) is 0.937. The number of thioether (sulfide) groups is 1. The van der Waals surface area contributed by atoms with Gasteiger partial charge in [-0.15, -0.1) is 11.8 Å². The van der Waals surface area contributed by atoms with Crippen molar-refractivity contribution in [2.45, 2.75) is 12.8 Å². The molecule has 0 heterocycles. The standard InChI is InChI=1S/C16H18O5S/c1-20-11-5-6-12(21-2)15-14(11)10(18)9-13(16(15)19)22-8-4-3-7-17/h5-6,9,17H,3-4,7-8H2,1-2H3. The first-order valence-corrected chi connectivity index (χ1v) is 7.92. The van der Waals surface area contributed by atoms with Crippen molar-refractivity contribution >= 4 is 23.3 Å². The minimum Gasteiger partial charge on any atom is -0.496 e. The highest BCUT2D eigenvalue weighted by molar-refractivity contribution is 8.04. The van der Waals surface area contributed by atoms with Crippen molar-refractivity contribution in [1.82, 2.24) is 0 Å². The number of unbranched alkanes of at least 4 members (excludes halogenated alkanes) is 1. The molecule has 0 aromatic heterocycles. The zero-order chi connectivity index (χ0) is 16.1. The quantitative estimate of drug-likeness (QED) is 0.778. The number of aliphatic hydroxyl groups excluding tert-OH is 1. The summed E-state index contributed by atoms with van der Waals surface area (Å²) < 4.78 is 10.4. The lowest BCUT2D eigenvalue weighted by Gasteiger charge is -2.19. The van der Waals surface area contributed by atoms with E-state index in [0.717, 1.165) is 6.42 Å². The fourth-order valence-corrected chi connectivity index (χ4v) is 3.25. The Kier molecular flexibility index (Phi) is 5.63. The maximum absolute atomic E-state index is 12.6. The van der Waals surface area contributed by atoms with Gasteiger partial charge in [0.2, 0.25) is 5.78 Å². The third-order valence-electron chi connectivity index (χ3n) is 3.34. The van der Waals surface area contributed by atoms with Crippen LogP contribution in [0.4, 0.5) is 0 Å². The summed E-state index contributed by atoms with van der Waals surface area (Å²) in [6.45, 7) is 0.125. The van der Waals surface area contributed by atoms with E-state index in [9.17, 15) is 9.59 Å². The summed E-state index contributed by atoms with van der Waals surface area (Å²) in [6, 6.07) is 3.25. The molecule has 1 N–H and O–H groups in total. The molecular weight excluding hydrogens is 304 g/mol. The van der Waals surface area contributed by atoms with Gasteiger partial charge in [0.15, 0.2) is 5.78 Å². The Hall–Kier alpha value is -1.79. The van der Waals surface area contributed by atoms with Gasteiger partial charge in [-0.05, 0) is 30.7 Å². The molecule has 0 amide bonds. The smallest absolute Gasteiger partial charge is 0.204 e. The van der Waals surface area contributed by atoms with Gasteiger partial charge in [0.1, 0.15) is 11.5 Å². The first-order chi connectivity index (χ1) is 10.6. The van der Waals surface area contributed by atoms with E-state index in [2.05, 4.69) is 0 Å². The van der Waals surface area contributed by atoms with Gasteiger partial charge in [-0.1, -0.05) is 0 Å². The Morgan fingerprint density at radius 3 is 2.27 bits per heavy atom. The molecule has 1 aliphatic carbocycles. The maximum atomic E-state index is 12.6. The molecular formula is C16H18O5S. The largest absolute Gasteiger partial charge is 0.496 e. The summed E-state index contributed by atoms with van der Waals surface area (Å²) in [5.41, 5.74) is 0.519. The molecule has 0 bridgehead atoms. The topological polar surface area (TPSA) is 72.8 Å². The molecule has 0 aliphatic heterocycles. The van der Waals surface area contributed by atoms with Crippen molar-refractivity contribution in [3.8, 4) is 11.5 Å².